The van der Waals surface area contributed by atoms with Crippen LogP contribution in [0.15, 0.2) is 0 Å². The zero-order valence-corrected chi connectivity index (χ0v) is 7.93. The summed E-state index contributed by atoms with van der Waals surface area (Å²) in [6.45, 7) is 7.12. The van der Waals surface area contributed by atoms with Crippen molar-refractivity contribution in [2.45, 2.75) is 27.7 Å². The highest BCUT2D eigenvalue weighted by atomic mass is 16.5. The monoisotopic (exact) mass is 173 g/mol. The fourth-order valence-corrected chi connectivity index (χ4v) is 0.447. The first-order valence-corrected chi connectivity index (χ1v) is 3.86. The summed E-state index contributed by atoms with van der Waals surface area (Å²) in [5.41, 5.74) is -0.563. The molecule has 0 heterocycles. The zero-order chi connectivity index (χ0) is 9.78. The predicted octanol–water partition coefficient (Wildman–Crippen LogP) is 1.31. The number of alkyl carbamates (subject to hydrolysis) is 1. The van der Waals surface area contributed by atoms with E-state index in [9.17, 15) is 9.59 Å². The van der Waals surface area contributed by atoms with Gasteiger partial charge in [-0.2, -0.15) is 0 Å². The number of carbonyl (C=O) groups is 2. The van der Waals surface area contributed by atoms with Gasteiger partial charge < -0.3 is 4.74 Å². The van der Waals surface area contributed by atoms with Crippen molar-refractivity contribution in [3.05, 3.63) is 0 Å². The summed E-state index contributed by atoms with van der Waals surface area (Å²) in [4.78, 5) is 21.9. The second kappa shape index (κ2) is 4.09. The zero-order valence-electron chi connectivity index (χ0n) is 7.93. The van der Waals surface area contributed by atoms with Crippen LogP contribution in [-0.2, 0) is 9.53 Å². The molecule has 0 bridgehead atoms. The summed E-state index contributed by atoms with van der Waals surface area (Å²) < 4.78 is 4.54. The molecule has 0 aromatic rings. The Morgan fingerprint density at radius 2 is 1.83 bits per heavy atom. The maximum atomic E-state index is 11.1. The highest BCUT2D eigenvalue weighted by molar-refractivity contribution is 5.94. The number of nitrogens with one attached hydrogen (secondary N) is 1. The molecule has 0 fully saturated rings. The van der Waals surface area contributed by atoms with Crippen LogP contribution in [0.2, 0.25) is 0 Å². The third kappa shape index (κ3) is 3.95. The average molecular weight is 173 g/mol. The van der Waals surface area contributed by atoms with Crippen molar-refractivity contribution in [3.8, 4) is 0 Å². The molecule has 1 N–H and O–H groups in total. The molecule has 0 spiro atoms. The summed E-state index contributed by atoms with van der Waals surface area (Å²) in [5, 5.41) is 2.12. The van der Waals surface area contributed by atoms with E-state index in [1.807, 2.05) is 0 Å². The number of hydrogen-bond acceptors (Lipinski definition) is 3. The van der Waals surface area contributed by atoms with E-state index in [0.29, 0.717) is 0 Å². The number of rotatable bonds is 1. The van der Waals surface area contributed by atoms with Gasteiger partial charge in [0.25, 0.3) is 0 Å². The lowest BCUT2D eigenvalue weighted by Gasteiger charge is -2.16. The van der Waals surface area contributed by atoms with Crippen molar-refractivity contribution in [1.29, 1.82) is 0 Å². The molecule has 0 aromatic heterocycles. The summed E-state index contributed by atoms with van der Waals surface area (Å²) in [6.07, 6.45) is -0.683. The van der Waals surface area contributed by atoms with Crippen LogP contribution < -0.4 is 5.32 Å². The Labute approximate surface area is 72.3 Å². The van der Waals surface area contributed by atoms with E-state index >= 15 is 0 Å². The molecule has 0 saturated heterocycles. The van der Waals surface area contributed by atoms with Crippen LogP contribution in [0.5, 0.6) is 0 Å². The van der Waals surface area contributed by atoms with Crippen LogP contribution in [0.25, 0.3) is 0 Å². The van der Waals surface area contributed by atoms with Crippen LogP contribution >= 0.6 is 0 Å². The molecule has 0 atom stereocenters. The molecule has 0 radical (unpaired) electrons. The van der Waals surface area contributed by atoms with Crippen LogP contribution in [0, 0.1) is 5.41 Å². The Hall–Kier alpha value is -1.06. The summed E-state index contributed by atoms with van der Waals surface area (Å²) in [7, 11) is 0. The molecular weight excluding hydrogens is 158 g/mol. The van der Waals surface area contributed by atoms with E-state index < -0.39 is 11.5 Å². The third-order valence-corrected chi connectivity index (χ3v) is 1.17. The first kappa shape index (κ1) is 10.9. The van der Waals surface area contributed by atoms with Gasteiger partial charge in [-0.25, -0.2) is 4.79 Å². The van der Waals surface area contributed by atoms with Crippen molar-refractivity contribution >= 4 is 12.0 Å². The molecule has 12 heavy (non-hydrogen) atoms. The lowest BCUT2D eigenvalue weighted by atomic mass is 9.96. The van der Waals surface area contributed by atoms with Crippen molar-refractivity contribution in [3.63, 3.8) is 0 Å². The Morgan fingerprint density at radius 3 is 2.17 bits per heavy atom. The SMILES string of the molecule is CCOC(=O)NC(=O)C(C)(C)C. The number of hydrogen-bond donors (Lipinski definition) is 1. The second-order valence-corrected chi connectivity index (χ2v) is 3.42. The largest absolute Gasteiger partial charge is 0.450 e. The summed E-state index contributed by atoms with van der Waals surface area (Å²) >= 11 is 0. The number of imide groups is 1. The van der Waals surface area contributed by atoms with E-state index in [1.54, 1.807) is 27.7 Å². The maximum absolute atomic E-state index is 11.1. The van der Waals surface area contributed by atoms with Gasteiger partial charge in [-0.3, -0.25) is 10.1 Å². The molecule has 4 heteroatoms. The minimum absolute atomic E-state index is 0.267. The highest BCUT2D eigenvalue weighted by Crippen LogP contribution is 2.12. The van der Waals surface area contributed by atoms with Gasteiger partial charge in [-0.15, -0.1) is 0 Å². The van der Waals surface area contributed by atoms with E-state index in [2.05, 4.69) is 10.1 Å². The predicted molar refractivity (Wildman–Crippen MR) is 44.6 cm³/mol. The molecule has 4 nitrogen and oxygen atoms in total. The van der Waals surface area contributed by atoms with Gasteiger partial charge in [0.15, 0.2) is 0 Å². The number of carbonyl (C=O) groups excluding carboxylic acids is 2. The molecule has 0 aromatic carbocycles. The van der Waals surface area contributed by atoms with Gasteiger partial charge in [0.05, 0.1) is 6.61 Å². The minimum atomic E-state index is -0.683. The van der Waals surface area contributed by atoms with Crippen molar-refractivity contribution in [1.82, 2.24) is 5.32 Å². The van der Waals surface area contributed by atoms with Crippen LogP contribution in [0.1, 0.15) is 27.7 Å². The molecule has 0 aliphatic heterocycles. The maximum Gasteiger partial charge on any atom is 0.413 e. The van der Waals surface area contributed by atoms with Crippen molar-refractivity contribution in [2.24, 2.45) is 5.41 Å². The fraction of sp³-hybridized carbons (Fsp3) is 0.750. The van der Waals surface area contributed by atoms with Crippen molar-refractivity contribution in [2.75, 3.05) is 6.61 Å². The lowest BCUT2D eigenvalue weighted by molar-refractivity contribution is -0.127. The second-order valence-electron chi connectivity index (χ2n) is 3.42. The van der Waals surface area contributed by atoms with Crippen LogP contribution in [0.4, 0.5) is 4.79 Å². The third-order valence-electron chi connectivity index (χ3n) is 1.17. The molecule has 0 aliphatic rings. The summed E-state index contributed by atoms with van der Waals surface area (Å²) in [5.74, 6) is -0.332. The van der Waals surface area contributed by atoms with E-state index in [4.69, 9.17) is 0 Å². The molecule has 0 saturated carbocycles. The molecule has 0 aliphatic carbocycles. The minimum Gasteiger partial charge on any atom is -0.450 e. The van der Waals surface area contributed by atoms with E-state index in [-0.39, 0.29) is 12.5 Å². The Balaban J connectivity index is 3.94. The highest BCUT2D eigenvalue weighted by Gasteiger charge is 2.23. The van der Waals surface area contributed by atoms with Gasteiger partial charge in [-0.05, 0) is 6.92 Å². The number of amides is 2. The van der Waals surface area contributed by atoms with Gasteiger partial charge in [0, 0.05) is 5.41 Å². The van der Waals surface area contributed by atoms with Crippen LogP contribution in [-0.4, -0.2) is 18.6 Å². The normalized spacial score (nSPS) is 10.7. The van der Waals surface area contributed by atoms with E-state index in [0.717, 1.165) is 0 Å². The molecule has 2 amide bonds. The Bertz CT molecular complexity index is 181. The first-order valence-electron chi connectivity index (χ1n) is 3.86. The van der Waals surface area contributed by atoms with Gasteiger partial charge in [-0.1, -0.05) is 20.8 Å². The van der Waals surface area contributed by atoms with Crippen molar-refractivity contribution < 1.29 is 14.3 Å². The van der Waals surface area contributed by atoms with Crippen LogP contribution in [0.3, 0.4) is 0 Å². The fourth-order valence-electron chi connectivity index (χ4n) is 0.447. The average Bonchev–Trinajstić information content (AvgIpc) is 1.85. The van der Waals surface area contributed by atoms with Gasteiger partial charge in [0.1, 0.15) is 0 Å². The quantitative estimate of drug-likeness (QED) is 0.650. The van der Waals surface area contributed by atoms with E-state index in [1.165, 1.54) is 0 Å². The number of ether oxygens (including phenoxy) is 1. The smallest absolute Gasteiger partial charge is 0.413 e. The summed E-state index contributed by atoms with van der Waals surface area (Å²) in [6, 6.07) is 0. The molecule has 0 rings (SSSR count). The topological polar surface area (TPSA) is 55.4 Å². The Morgan fingerprint density at radius 1 is 1.33 bits per heavy atom. The molecule has 70 valence electrons. The van der Waals surface area contributed by atoms with Gasteiger partial charge >= 0.3 is 6.09 Å². The molecule has 0 unspecified atom stereocenters. The Kier molecular flexibility index (Phi) is 3.73. The van der Waals surface area contributed by atoms with Gasteiger partial charge in [0.2, 0.25) is 5.91 Å². The standard InChI is InChI=1S/C8H15NO3/c1-5-12-7(11)9-6(10)8(2,3)4/h5H2,1-4H3,(H,9,10,11). The lowest BCUT2D eigenvalue weighted by Crippen LogP contribution is -2.39. The molecular formula is C8H15NO3. The first-order chi connectivity index (χ1) is 5.38.